The molecule has 10 aromatic carbocycles. The minimum absolute atomic E-state index is 0.215. The Morgan fingerprint density at radius 1 is 0.344 bits per heavy atom. The minimum atomic E-state index is -0.215. The van der Waals surface area contributed by atoms with Gasteiger partial charge in [-0.05, 0) is 110 Å². The highest BCUT2D eigenvalue weighted by molar-refractivity contribution is 6.08. The predicted molar refractivity (Wildman–Crippen MR) is 259 cm³/mol. The van der Waals surface area contributed by atoms with Crippen LogP contribution in [0, 0.1) is 0 Å². The topological polar surface area (TPSA) is 6.48 Å². The van der Waals surface area contributed by atoms with Gasteiger partial charge < -0.3 is 9.80 Å². The van der Waals surface area contributed by atoms with Gasteiger partial charge in [0.1, 0.15) is 0 Å². The third kappa shape index (κ3) is 6.27. The molecule has 0 aliphatic carbocycles. The Hall–Kier alpha value is -7.68. The van der Waals surface area contributed by atoms with E-state index in [0.29, 0.717) is 0 Å². The quantitative estimate of drug-likeness (QED) is 0.159. The molecule has 11 rings (SSSR count). The van der Waals surface area contributed by atoms with E-state index < -0.39 is 0 Å². The molecule has 0 saturated heterocycles. The molecular formula is C59H44N2. The van der Waals surface area contributed by atoms with Crippen LogP contribution in [0.1, 0.15) is 25.0 Å². The molecule has 0 radical (unpaired) electrons. The Kier molecular flexibility index (Phi) is 8.86. The van der Waals surface area contributed by atoms with Gasteiger partial charge in [0.25, 0.3) is 0 Å². The number of para-hydroxylation sites is 3. The highest BCUT2D eigenvalue weighted by Crippen LogP contribution is 2.56. The summed E-state index contributed by atoms with van der Waals surface area (Å²) in [5, 5.41) is 4.93. The first-order valence-electron chi connectivity index (χ1n) is 21.2. The number of hydrogen-bond acceptors (Lipinski definition) is 2. The smallest absolute Gasteiger partial charge is 0.0618 e. The van der Waals surface area contributed by atoms with Gasteiger partial charge in [-0.1, -0.05) is 190 Å². The van der Waals surface area contributed by atoms with E-state index in [1.54, 1.807) is 0 Å². The lowest BCUT2D eigenvalue weighted by Gasteiger charge is -2.43. The van der Waals surface area contributed by atoms with Crippen LogP contribution in [-0.2, 0) is 5.41 Å². The van der Waals surface area contributed by atoms with Crippen LogP contribution in [0.25, 0.3) is 54.9 Å². The van der Waals surface area contributed by atoms with Crippen molar-refractivity contribution in [3.8, 4) is 33.4 Å². The Bertz CT molecular complexity index is 3180. The summed E-state index contributed by atoms with van der Waals surface area (Å²) in [6.45, 7) is 4.74. The molecule has 0 spiro atoms. The third-order valence-corrected chi connectivity index (χ3v) is 12.6. The van der Waals surface area contributed by atoms with Crippen molar-refractivity contribution in [2.45, 2.75) is 19.3 Å². The lowest BCUT2D eigenvalue weighted by atomic mass is 9.73. The van der Waals surface area contributed by atoms with E-state index in [1.165, 1.54) is 83.1 Å². The highest BCUT2D eigenvalue weighted by Gasteiger charge is 2.38. The van der Waals surface area contributed by atoms with Crippen LogP contribution >= 0.6 is 0 Å². The molecule has 0 saturated carbocycles. The minimum Gasteiger partial charge on any atom is -0.311 e. The average Bonchev–Trinajstić information content (AvgIpc) is 3.32. The molecule has 1 aliphatic heterocycles. The zero-order chi connectivity index (χ0) is 40.9. The predicted octanol–water partition coefficient (Wildman–Crippen LogP) is 16.6. The Morgan fingerprint density at radius 3 is 1.64 bits per heavy atom. The normalized spacial score (nSPS) is 12.9. The summed E-state index contributed by atoms with van der Waals surface area (Å²) in [4.78, 5) is 4.87. The highest BCUT2D eigenvalue weighted by atomic mass is 15.2. The zero-order valence-electron chi connectivity index (χ0n) is 34.3. The summed E-state index contributed by atoms with van der Waals surface area (Å²) in [6, 6.07) is 84.2. The van der Waals surface area contributed by atoms with Crippen LogP contribution in [0.3, 0.4) is 0 Å². The molecule has 61 heavy (non-hydrogen) atoms. The van der Waals surface area contributed by atoms with Gasteiger partial charge in [0.15, 0.2) is 0 Å². The van der Waals surface area contributed by atoms with Gasteiger partial charge in [0, 0.05) is 33.4 Å². The first kappa shape index (κ1) is 36.4. The van der Waals surface area contributed by atoms with Crippen molar-refractivity contribution in [3.63, 3.8) is 0 Å². The maximum Gasteiger partial charge on any atom is 0.0618 e. The fourth-order valence-electron chi connectivity index (χ4n) is 9.60. The molecule has 290 valence electrons. The summed E-state index contributed by atoms with van der Waals surface area (Å²) in [5.74, 6) is 0. The van der Waals surface area contributed by atoms with E-state index in [0.717, 1.165) is 17.1 Å². The second kappa shape index (κ2) is 14.9. The molecular weight excluding hydrogens is 737 g/mol. The van der Waals surface area contributed by atoms with Gasteiger partial charge in [-0.25, -0.2) is 0 Å². The lowest BCUT2D eigenvalue weighted by Crippen LogP contribution is -2.31. The van der Waals surface area contributed by atoms with Crippen molar-refractivity contribution >= 4 is 55.7 Å². The summed E-state index contributed by atoms with van der Waals surface area (Å²) in [5.41, 5.74) is 16.5. The van der Waals surface area contributed by atoms with Crippen molar-refractivity contribution in [2.24, 2.45) is 0 Å². The third-order valence-electron chi connectivity index (χ3n) is 12.6. The van der Waals surface area contributed by atoms with Gasteiger partial charge in [-0.3, -0.25) is 0 Å². The van der Waals surface area contributed by atoms with Crippen LogP contribution < -0.4 is 9.80 Å². The first-order chi connectivity index (χ1) is 30.0. The number of hydrogen-bond donors (Lipinski definition) is 0. The monoisotopic (exact) mass is 780 g/mol. The van der Waals surface area contributed by atoms with E-state index >= 15 is 0 Å². The van der Waals surface area contributed by atoms with Gasteiger partial charge in [-0.15, -0.1) is 0 Å². The van der Waals surface area contributed by atoms with Crippen molar-refractivity contribution in [2.75, 3.05) is 9.80 Å². The molecule has 2 heteroatoms. The van der Waals surface area contributed by atoms with Crippen molar-refractivity contribution in [3.05, 3.63) is 242 Å². The van der Waals surface area contributed by atoms with E-state index in [9.17, 15) is 0 Å². The Morgan fingerprint density at radius 2 is 0.885 bits per heavy atom. The Balaban J connectivity index is 1.08. The summed E-state index contributed by atoms with van der Waals surface area (Å²) >= 11 is 0. The number of rotatable bonds is 7. The number of nitrogens with zero attached hydrogens (tertiary/aromatic N) is 2. The molecule has 0 aromatic heterocycles. The van der Waals surface area contributed by atoms with Gasteiger partial charge in [0.05, 0.1) is 17.1 Å². The van der Waals surface area contributed by atoms with Crippen molar-refractivity contribution in [1.29, 1.82) is 0 Å². The largest absolute Gasteiger partial charge is 0.311 e. The lowest BCUT2D eigenvalue weighted by molar-refractivity contribution is 0.632. The molecule has 10 aromatic rings. The maximum atomic E-state index is 2.56. The number of benzene rings is 10. The molecule has 0 fully saturated rings. The van der Waals surface area contributed by atoms with E-state index in [4.69, 9.17) is 0 Å². The van der Waals surface area contributed by atoms with Gasteiger partial charge in [0.2, 0.25) is 0 Å². The van der Waals surface area contributed by atoms with Gasteiger partial charge >= 0.3 is 0 Å². The molecule has 0 atom stereocenters. The summed E-state index contributed by atoms with van der Waals surface area (Å²) in [7, 11) is 0. The maximum absolute atomic E-state index is 2.56. The number of fused-ring (bicyclic) bond motifs is 4. The van der Waals surface area contributed by atoms with Crippen LogP contribution in [0.15, 0.2) is 231 Å². The van der Waals surface area contributed by atoms with E-state index in [1.807, 2.05) is 0 Å². The fraction of sp³-hybridized carbons (Fsp3) is 0.0508. The van der Waals surface area contributed by atoms with E-state index in [2.05, 4.69) is 254 Å². The average molecular weight is 781 g/mol. The Labute approximate surface area is 358 Å². The van der Waals surface area contributed by atoms with Crippen LogP contribution in [0.2, 0.25) is 0 Å². The molecule has 2 nitrogen and oxygen atoms in total. The SMILES string of the molecule is CC1(C)c2ccccc2N(c2c(-c3cccc(-c4ccc(N(c5ccccc5)c5ccccc5)cc4)c3)ccc3ccccc23)c2cc(-c3cccc4ccccc34)ccc21. The molecule has 0 unspecified atom stereocenters. The van der Waals surface area contributed by atoms with Crippen LogP contribution in [0.4, 0.5) is 34.1 Å². The molecule has 0 bridgehead atoms. The fourth-order valence-corrected chi connectivity index (χ4v) is 9.60. The standard InChI is InChI=1S/C59H44N2/c1-59(2)54-29-13-14-30-56(54)61(57-40-46(34-38-55(57)59)51-28-16-19-42-17-9-11-26-50(42)51)58-52-27-12-10-18-43(52)33-37-53(58)45-21-15-20-44(39-45)41-31-35-49(36-32-41)60(47-22-5-3-6-23-47)48-24-7-4-8-25-48/h3-40H,1-2H3. The second-order valence-corrected chi connectivity index (χ2v) is 16.6. The van der Waals surface area contributed by atoms with Crippen molar-refractivity contribution < 1.29 is 0 Å². The molecule has 0 amide bonds. The van der Waals surface area contributed by atoms with Gasteiger partial charge in [-0.2, -0.15) is 0 Å². The number of anilines is 6. The van der Waals surface area contributed by atoms with Crippen LogP contribution in [-0.4, -0.2) is 0 Å². The molecule has 0 N–H and O–H groups in total. The van der Waals surface area contributed by atoms with Crippen molar-refractivity contribution in [1.82, 2.24) is 0 Å². The molecule has 1 heterocycles. The second-order valence-electron chi connectivity index (χ2n) is 16.6. The summed E-state index contributed by atoms with van der Waals surface area (Å²) < 4.78 is 0. The zero-order valence-corrected chi connectivity index (χ0v) is 34.3. The summed E-state index contributed by atoms with van der Waals surface area (Å²) in [6.07, 6.45) is 0. The van der Waals surface area contributed by atoms with E-state index in [-0.39, 0.29) is 5.41 Å². The molecule has 1 aliphatic rings. The van der Waals surface area contributed by atoms with Crippen LogP contribution in [0.5, 0.6) is 0 Å². The first-order valence-corrected chi connectivity index (χ1v) is 21.2.